The van der Waals surface area contributed by atoms with Crippen molar-refractivity contribution in [2.45, 2.75) is 38.5 Å². The van der Waals surface area contributed by atoms with Crippen molar-refractivity contribution in [2.75, 3.05) is 0 Å². The van der Waals surface area contributed by atoms with Gasteiger partial charge < -0.3 is 4.42 Å². The van der Waals surface area contributed by atoms with Crippen molar-refractivity contribution in [2.24, 2.45) is 35.3 Å². The maximum Gasteiger partial charge on any atom is 0.319 e. The van der Waals surface area contributed by atoms with E-state index < -0.39 is 0 Å². The van der Waals surface area contributed by atoms with E-state index in [-0.39, 0.29) is 11.3 Å². The number of aryl methyl sites for hydroxylation is 1. The number of nitrogens with zero attached hydrogens (tertiary/aromatic N) is 2. The number of rotatable bonds is 2. The van der Waals surface area contributed by atoms with Crippen molar-refractivity contribution in [3.63, 3.8) is 0 Å². The number of carbonyl (C=O) groups excluding carboxylic acids is 1. The summed E-state index contributed by atoms with van der Waals surface area (Å²) in [5.41, 5.74) is 4.84. The minimum absolute atomic E-state index is 0.0991. The third-order valence-corrected chi connectivity index (χ3v) is 6.49. The minimum Gasteiger partial charge on any atom is -0.422 e. The number of oxazole rings is 1. The zero-order chi connectivity index (χ0) is 16.3. The molecule has 126 valence electrons. The zero-order valence-corrected chi connectivity index (χ0v) is 14.0. The van der Waals surface area contributed by atoms with Crippen LogP contribution >= 0.6 is 0 Å². The lowest BCUT2D eigenvalue weighted by Gasteiger charge is -2.55. The monoisotopic (exact) mass is 325 g/mol. The average molecular weight is 325 g/mol. The number of aromatic nitrogens is 1. The van der Waals surface area contributed by atoms with Gasteiger partial charge in [-0.3, -0.25) is 9.36 Å². The highest BCUT2D eigenvalue weighted by Gasteiger charge is 2.54. The van der Waals surface area contributed by atoms with E-state index in [2.05, 4.69) is 10.5 Å². The molecule has 1 heterocycles. The molecular formula is C19H23N3O2. The van der Waals surface area contributed by atoms with E-state index in [1.165, 1.54) is 19.3 Å². The van der Waals surface area contributed by atoms with E-state index in [9.17, 15) is 4.79 Å². The quantitative estimate of drug-likeness (QED) is 0.863. The first-order valence-corrected chi connectivity index (χ1v) is 9.02. The van der Waals surface area contributed by atoms with Gasteiger partial charge >= 0.3 is 5.68 Å². The lowest BCUT2D eigenvalue weighted by Crippen LogP contribution is -2.53. The largest absolute Gasteiger partial charge is 0.422 e. The average Bonchev–Trinajstić information content (AvgIpc) is 2.88. The molecule has 4 fully saturated rings. The topological polar surface area (TPSA) is 59.5 Å². The SMILES string of the molecule is Cn1/c(=N/NC(=O)C23CC4CC(CC(C4)C2)C3)oc2ccccc21. The molecule has 1 aromatic heterocycles. The van der Waals surface area contributed by atoms with Crippen molar-refractivity contribution in [1.82, 2.24) is 9.99 Å². The summed E-state index contributed by atoms with van der Waals surface area (Å²) in [6, 6.07) is 7.80. The third-order valence-electron chi connectivity index (χ3n) is 6.49. The molecule has 1 amide bonds. The molecule has 4 bridgehead atoms. The van der Waals surface area contributed by atoms with E-state index >= 15 is 0 Å². The molecule has 5 nitrogen and oxygen atoms in total. The van der Waals surface area contributed by atoms with Crippen LogP contribution in [0.25, 0.3) is 11.1 Å². The number of amides is 1. The standard InChI is InChI=1S/C19H23N3O2/c1-22-15-4-2-3-5-16(15)24-18(22)21-20-17(23)19-9-12-6-13(10-19)8-14(7-12)11-19/h2-5,12-14H,6-11H2,1H3,(H,20,23)/b21-18-. The molecule has 5 heteroatoms. The Morgan fingerprint density at radius 3 is 2.42 bits per heavy atom. The van der Waals surface area contributed by atoms with Crippen LogP contribution in [0.2, 0.25) is 0 Å². The summed E-state index contributed by atoms with van der Waals surface area (Å²) in [7, 11) is 1.90. The molecule has 0 spiro atoms. The Hall–Kier alpha value is -2.04. The first-order chi connectivity index (χ1) is 11.6. The zero-order valence-electron chi connectivity index (χ0n) is 14.0. The summed E-state index contributed by atoms with van der Waals surface area (Å²) in [6.45, 7) is 0. The highest BCUT2D eigenvalue weighted by molar-refractivity contribution is 5.82. The number of hydrogen-bond donors (Lipinski definition) is 1. The fraction of sp³-hybridized carbons (Fsp3) is 0.579. The van der Waals surface area contributed by atoms with E-state index in [1.807, 2.05) is 35.9 Å². The summed E-state index contributed by atoms with van der Waals surface area (Å²) in [4.78, 5) is 12.9. The summed E-state index contributed by atoms with van der Waals surface area (Å²) in [5, 5.41) is 4.30. The van der Waals surface area contributed by atoms with Crippen molar-refractivity contribution in [3.05, 3.63) is 29.9 Å². The van der Waals surface area contributed by atoms with E-state index in [1.54, 1.807) is 0 Å². The van der Waals surface area contributed by atoms with E-state index in [0.29, 0.717) is 5.68 Å². The van der Waals surface area contributed by atoms with Crippen LogP contribution in [0, 0.1) is 23.2 Å². The van der Waals surface area contributed by atoms with Gasteiger partial charge in [-0.25, -0.2) is 5.43 Å². The number of benzene rings is 1. The molecule has 6 rings (SSSR count). The first kappa shape index (κ1) is 14.3. The number of carbonyl (C=O) groups is 1. The van der Waals surface area contributed by atoms with Crippen molar-refractivity contribution in [1.29, 1.82) is 0 Å². The molecule has 4 aliphatic carbocycles. The second-order valence-electron chi connectivity index (χ2n) is 8.16. The van der Waals surface area contributed by atoms with Crippen LogP contribution in [0.3, 0.4) is 0 Å². The molecule has 0 atom stereocenters. The van der Waals surface area contributed by atoms with Gasteiger partial charge in [0.25, 0.3) is 0 Å². The summed E-state index contributed by atoms with van der Waals surface area (Å²) in [6.07, 6.45) is 7.15. The van der Waals surface area contributed by atoms with E-state index in [4.69, 9.17) is 4.42 Å². The maximum atomic E-state index is 12.9. The fourth-order valence-corrected chi connectivity index (χ4v) is 5.79. The predicted molar refractivity (Wildman–Crippen MR) is 89.5 cm³/mol. The summed E-state index contributed by atoms with van der Waals surface area (Å²) in [5.74, 6) is 2.36. The maximum absolute atomic E-state index is 12.9. The van der Waals surface area contributed by atoms with Crippen LogP contribution in [0.4, 0.5) is 0 Å². The van der Waals surface area contributed by atoms with Gasteiger partial charge in [-0.15, -0.1) is 5.10 Å². The molecule has 0 saturated heterocycles. The normalized spacial score (nSPS) is 34.9. The van der Waals surface area contributed by atoms with E-state index in [0.717, 1.165) is 48.1 Å². The molecule has 0 radical (unpaired) electrons. The summed E-state index contributed by atoms with van der Waals surface area (Å²) < 4.78 is 7.62. The molecule has 1 N–H and O–H groups in total. The van der Waals surface area contributed by atoms with Crippen LogP contribution < -0.4 is 11.1 Å². The Labute approximate surface area is 140 Å². The molecular weight excluding hydrogens is 302 g/mol. The van der Waals surface area contributed by atoms with Gasteiger partial charge in [-0.2, -0.15) is 0 Å². The van der Waals surface area contributed by atoms with Gasteiger partial charge in [-0.1, -0.05) is 12.1 Å². The van der Waals surface area contributed by atoms with Crippen molar-refractivity contribution in [3.8, 4) is 0 Å². The Kier molecular flexibility index (Phi) is 2.97. The van der Waals surface area contributed by atoms with Gasteiger partial charge in [0.05, 0.1) is 10.9 Å². The van der Waals surface area contributed by atoms with Gasteiger partial charge in [-0.05, 0) is 68.4 Å². The second-order valence-corrected chi connectivity index (χ2v) is 8.16. The van der Waals surface area contributed by atoms with Gasteiger partial charge in [0.15, 0.2) is 5.58 Å². The molecule has 4 saturated carbocycles. The predicted octanol–water partition coefficient (Wildman–Crippen LogP) is 2.92. The number of fused-ring (bicyclic) bond motifs is 1. The smallest absolute Gasteiger partial charge is 0.319 e. The number of para-hydroxylation sites is 2. The van der Waals surface area contributed by atoms with Gasteiger partial charge in [0.2, 0.25) is 5.91 Å². The molecule has 0 aliphatic heterocycles. The van der Waals surface area contributed by atoms with Crippen LogP contribution in [-0.4, -0.2) is 10.5 Å². The number of nitrogens with one attached hydrogen (secondary N) is 1. The Bertz CT molecular complexity index is 841. The minimum atomic E-state index is -0.178. The third kappa shape index (κ3) is 2.06. The number of hydrogen-bond acceptors (Lipinski definition) is 3. The Morgan fingerprint density at radius 2 is 1.79 bits per heavy atom. The first-order valence-electron chi connectivity index (χ1n) is 9.02. The lowest BCUT2D eigenvalue weighted by atomic mass is 9.49. The van der Waals surface area contributed by atoms with Crippen LogP contribution in [0.1, 0.15) is 38.5 Å². The molecule has 1 aromatic carbocycles. The van der Waals surface area contributed by atoms with Crippen LogP contribution in [0.15, 0.2) is 33.8 Å². The molecule has 0 unspecified atom stereocenters. The highest BCUT2D eigenvalue weighted by atomic mass is 16.4. The highest BCUT2D eigenvalue weighted by Crippen LogP contribution is 2.60. The Balaban J connectivity index is 1.43. The van der Waals surface area contributed by atoms with Crippen molar-refractivity contribution >= 4 is 17.0 Å². The lowest BCUT2D eigenvalue weighted by molar-refractivity contribution is -0.146. The van der Waals surface area contributed by atoms with Gasteiger partial charge in [0, 0.05) is 7.05 Å². The fourth-order valence-electron chi connectivity index (χ4n) is 5.79. The second kappa shape index (κ2) is 4.98. The molecule has 2 aromatic rings. The van der Waals surface area contributed by atoms with Gasteiger partial charge in [0.1, 0.15) is 0 Å². The Morgan fingerprint density at radius 1 is 1.17 bits per heavy atom. The summed E-state index contributed by atoms with van der Waals surface area (Å²) >= 11 is 0. The van der Waals surface area contributed by atoms with Crippen LogP contribution in [-0.2, 0) is 11.8 Å². The molecule has 24 heavy (non-hydrogen) atoms. The van der Waals surface area contributed by atoms with Crippen LogP contribution in [0.5, 0.6) is 0 Å². The molecule has 4 aliphatic rings. The van der Waals surface area contributed by atoms with Crippen molar-refractivity contribution < 1.29 is 9.21 Å².